The summed E-state index contributed by atoms with van der Waals surface area (Å²) in [6.07, 6.45) is 3.37. The summed E-state index contributed by atoms with van der Waals surface area (Å²) in [7, 11) is 1.79. The highest BCUT2D eigenvalue weighted by Crippen LogP contribution is 2.24. The Morgan fingerprint density at radius 3 is 3.07 bits per heavy atom. The van der Waals surface area contributed by atoms with Gasteiger partial charge in [0, 0.05) is 13.2 Å². The number of aryl methyl sites for hydroxylation is 1. The van der Waals surface area contributed by atoms with Gasteiger partial charge in [0.15, 0.2) is 5.69 Å². The second kappa shape index (κ2) is 3.70. The fourth-order valence-electron chi connectivity index (χ4n) is 1.10. The zero-order chi connectivity index (χ0) is 10.8. The van der Waals surface area contributed by atoms with Crippen LogP contribution in [0.25, 0.3) is 0 Å². The Bertz CT molecular complexity index is 490. The van der Waals surface area contributed by atoms with Crippen LogP contribution in [0.4, 0.5) is 10.7 Å². The van der Waals surface area contributed by atoms with Crippen molar-refractivity contribution in [1.29, 1.82) is 0 Å². The summed E-state index contributed by atoms with van der Waals surface area (Å²) in [4.78, 5) is 14.5. The Morgan fingerprint density at radius 2 is 2.47 bits per heavy atom. The predicted molar refractivity (Wildman–Crippen MR) is 55.6 cm³/mol. The Morgan fingerprint density at radius 1 is 1.67 bits per heavy atom. The van der Waals surface area contributed by atoms with Gasteiger partial charge < -0.3 is 10.4 Å². The minimum absolute atomic E-state index is 0.0313. The summed E-state index contributed by atoms with van der Waals surface area (Å²) in [5, 5.41) is 16.2. The maximum atomic E-state index is 10.8. The predicted octanol–water partition coefficient (Wildman–Crippen LogP) is 1.32. The Labute approximate surface area is 89.2 Å². The maximum absolute atomic E-state index is 10.8. The molecule has 7 heteroatoms. The minimum atomic E-state index is -1.04. The van der Waals surface area contributed by atoms with Crippen LogP contribution < -0.4 is 5.32 Å². The van der Waals surface area contributed by atoms with E-state index >= 15 is 0 Å². The summed E-state index contributed by atoms with van der Waals surface area (Å²) in [5.41, 5.74) is 2.26. The molecule has 2 rings (SSSR count). The van der Waals surface area contributed by atoms with Crippen LogP contribution >= 0.6 is 11.3 Å². The lowest BCUT2D eigenvalue weighted by Crippen LogP contribution is -2.00. The Hall–Kier alpha value is -1.89. The van der Waals surface area contributed by atoms with Crippen LogP contribution in [-0.2, 0) is 7.05 Å². The van der Waals surface area contributed by atoms with Crippen LogP contribution in [0.5, 0.6) is 0 Å². The van der Waals surface area contributed by atoms with Crippen molar-refractivity contribution in [2.75, 3.05) is 5.32 Å². The van der Waals surface area contributed by atoms with Gasteiger partial charge in [-0.05, 0) is 0 Å². The third-order valence-electron chi connectivity index (χ3n) is 1.73. The molecule has 0 aliphatic rings. The number of nitrogens with zero attached hydrogens (tertiary/aromatic N) is 3. The van der Waals surface area contributed by atoms with Crippen LogP contribution in [0.1, 0.15) is 10.5 Å². The van der Waals surface area contributed by atoms with Crippen LogP contribution in [0, 0.1) is 0 Å². The third kappa shape index (κ3) is 1.96. The van der Waals surface area contributed by atoms with Gasteiger partial charge in [0.25, 0.3) is 0 Å². The number of hydrogen-bond acceptors (Lipinski definition) is 5. The van der Waals surface area contributed by atoms with Crippen molar-refractivity contribution in [2.45, 2.75) is 0 Å². The molecule has 15 heavy (non-hydrogen) atoms. The highest BCUT2D eigenvalue weighted by molar-refractivity contribution is 7.14. The normalized spacial score (nSPS) is 10.2. The Balaban J connectivity index is 2.24. The average molecular weight is 224 g/mol. The molecular formula is C8H8N4O2S. The van der Waals surface area contributed by atoms with Crippen molar-refractivity contribution < 1.29 is 9.90 Å². The van der Waals surface area contributed by atoms with Gasteiger partial charge in [0.1, 0.15) is 5.00 Å². The van der Waals surface area contributed by atoms with Crippen LogP contribution in [0.2, 0.25) is 0 Å². The lowest BCUT2D eigenvalue weighted by Gasteiger charge is -1.99. The van der Waals surface area contributed by atoms with Gasteiger partial charge in [0.2, 0.25) is 0 Å². The van der Waals surface area contributed by atoms with E-state index in [-0.39, 0.29) is 5.69 Å². The molecule has 0 spiro atoms. The first kappa shape index (κ1) is 9.66. The number of hydrogen-bond donors (Lipinski definition) is 2. The molecule has 0 fully saturated rings. The van der Waals surface area contributed by atoms with Gasteiger partial charge >= 0.3 is 5.97 Å². The number of anilines is 2. The van der Waals surface area contributed by atoms with E-state index in [0.29, 0.717) is 5.00 Å². The molecular weight excluding hydrogens is 216 g/mol. The quantitative estimate of drug-likeness (QED) is 0.821. The van der Waals surface area contributed by atoms with E-state index < -0.39 is 5.97 Å². The molecule has 0 bridgehead atoms. The third-order valence-corrected chi connectivity index (χ3v) is 2.47. The molecule has 2 heterocycles. The van der Waals surface area contributed by atoms with Gasteiger partial charge in [-0.15, -0.1) is 11.3 Å². The number of carboxylic acid groups (broad SMARTS) is 1. The number of carbonyl (C=O) groups is 1. The molecule has 0 aliphatic heterocycles. The summed E-state index contributed by atoms with van der Waals surface area (Å²) >= 11 is 1.24. The molecule has 2 aromatic heterocycles. The number of nitrogens with one attached hydrogen (secondary N) is 1. The molecule has 0 aromatic carbocycles. The van der Waals surface area contributed by atoms with Crippen molar-refractivity contribution in [1.82, 2.24) is 14.8 Å². The smallest absolute Gasteiger partial charge is 0.357 e. The molecule has 6 nitrogen and oxygen atoms in total. The topological polar surface area (TPSA) is 80.0 Å². The number of rotatable bonds is 3. The average Bonchev–Trinajstić information content (AvgIpc) is 2.75. The van der Waals surface area contributed by atoms with Crippen molar-refractivity contribution in [3.05, 3.63) is 23.6 Å². The van der Waals surface area contributed by atoms with Crippen LogP contribution in [-0.4, -0.2) is 25.8 Å². The van der Waals surface area contributed by atoms with E-state index in [1.165, 1.54) is 16.8 Å². The molecule has 0 saturated heterocycles. The van der Waals surface area contributed by atoms with Crippen LogP contribution in [0.3, 0.4) is 0 Å². The summed E-state index contributed by atoms with van der Waals surface area (Å²) in [5.74, 6) is -1.04. The molecule has 0 saturated carbocycles. The monoisotopic (exact) mass is 224 g/mol. The summed E-state index contributed by atoms with van der Waals surface area (Å²) < 4.78 is 1.63. The number of aromatic nitrogens is 3. The number of thiazole rings is 1. The van der Waals surface area contributed by atoms with E-state index in [1.54, 1.807) is 24.1 Å². The second-order valence-electron chi connectivity index (χ2n) is 2.86. The van der Waals surface area contributed by atoms with Gasteiger partial charge in [-0.3, -0.25) is 4.68 Å². The lowest BCUT2D eigenvalue weighted by molar-refractivity contribution is 0.0692. The molecule has 0 unspecified atom stereocenters. The van der Waals surface area contributed by atoms with E-state index in [9.17, 15) is 4.79 Å². The lowest BCUT2D eigenvalue weighted by atomic mass is 10.4. The van der Waals surface area contributed by atoms with Crippen molar-refractivity contribution in [3.63, 3.8) is 0 Å². The molecule has 0 radical (unpaired) electrons. The molecule has 0 aliphatic carbocycles. The Kier molecular flexibility index (Phi) is 2.38. The minimum Gasteiger partial charge on any atom is -0.476 e. The van der Waals surface area contributed by atoms with E-state index in [4.69, 9.17) is 5.11 Å². The zero-order valence-corrected chi connectivity index (χ0v) is 8.65. The first-order valence-corrected chi connectivity index (χ1v) is 4.97. The summed E-state index contributed by atoms with van der Waals surface area (Å²) in [6, 6.07) is 0. The highest BCUT2D eigenvalue weighted by Gasteiger charge is 2.13. The molecule has 2 aromatic rings. The van der Waals surface area contributed by atoms with Crippen LogP contribution in [0.15, 0.2) is 17.9 Å². The van der Waals surface area contributed by atoms with Gasteiger partial charge in [-0.1, -0.05) is 0 Å². The highest BCUT2D eigenvalue weighted by atomic mass is 32.1. The fourth-order valence-corrected chi connectivity index (χ4v) is 1.80. The van der Waals surface area contributed by atoms with Gasteiger partial charge in [-0.2, -0.15) is 5.10 Å². The second-order valence-corrected chi connectivity index (χ2v) is 3.72. The molecule has 0 amide bonds. The fraction of sp³-hybridized carbons (Fsp3) is 0.125. The van der Waals surface area contributed by atoms with E-state index in [2.05, 4.69) is 15.4 Å². The number of carboxylic acids is 1. The van der Waals surface area contributed by atoms with Crippen molar-refractivity contribution >= 4 is 28.0 Å². The maximum Gasteiger partial charge on any atom is 0.357 e. The first-order valence-electron chi connectivity index (χ1n) is 4.09. The van der Waals surface area contributed by atoms with Crippen molar-refractivity contribution in [3.8, 4) is 0 Å². The van der Waals surface area contributed by atoms with Crippen molar-refractivity contribution in [2.24, 2.45) is 7.05 Å². The van der Waals surface area contributed by atoms with Gasteiger partial charge in [0.05, 0.1) is 17.4 Å². The first-order chi connectivity index (χ1) is 7.16. The SMILES string of the molecule is Cn1cc(Nc2scnc2C(=O)O)cn1. The molecule has 78 valence electrons. The number of aromatic carboxylic acids is 1. The molecule has 2 N–H and O–H groups in total. The van der Waals surface area contributed by atoms with Gasteiger partial charge in [-0.25, -0.2) is 9.78 Å². The van der Waals surface area contributed by atoms with E-state index in [1.807, 2.05) is 0 Å². The summed E-state index contributed by atoms with van der Waals surface area (Å²) in [6.45, 7) is 0. The van der Waals surface area contributed by atoms with E-state index in [0.717, 1.165) is 5.69 Å². The zero-order valence-electron chi connectivity index (χ0n) is 7.84. The standard InChI is InChI=1S/C8H8N4O2S/c1-12-3-5(2-10-12)11-7-6(8(13)14)9-4-15-7/h2-4,11H,1H3,(H,13,14). The molecule has 0 atom stereocenters. The largest absolute Gasteiger partial charge is 0.476 e.